The molecule has 0 saturated carbocycles. The Morgan fingerprint density at radius 3 is 2.45 bits per heavy atom. The number of hydrogen-bond acceptors (Lipinski definition) is 4. The van der Waals surface area contributed by atoms with E-state index in [2.05, 4.69) is 10.6 Å². The maximum atomic E-state index is 12.1. The summed E-state index contributed by atoms with van der Waals surface area (Å²) in [6.07, 6.45) is 2.73. The zero-order chi connectivity index (χ0) is 22.5. The van der Waals surface area contributed by atoms with Crippen molar-refractivity contribution >= 4 is 75.8 Å². The zero-order valence-corrected chi connectivity index (χ0v) is 18.6. The monoisotopic (exact) mass is 494 g/mol. The van der Waals surface area contributed by atoms with Gasteiger partial charge >= 0.3 is 5.97 Å². The second kappa shape index (κ2) is 9.98. The number of hydrogen-bond donors (Lipinski definition) is 3. The highest BCUT2D eigenvalue weighted by atomic mass is 35.5. The van der Waals surface area contributed by atoms with Gasteiger partial charge in [-0.25, -0.2) is 4.79 Å². The van der Waals surface area contributed by atoms with Crippen LogP contribution in [0.1, 0.15) is 16.1 Å². The van der Waals surface area contributed by atoms with Crippen molar-refractivity contribution in [2.24, 2.45) is 0 Å². The molecule has 0 fully saturated rings. The van der Waals surface area contributed by atoms with Gasteiger partial charge in [0.2, 0.25) is 5.91 Å². The van der Waals surface area contributed by atoms with Crippen LogP contribution in [0.5, 0.6) is 0 Å². The smallest absolute Gasteiger partial charge is 0.337 e. The molecule has 1 aromatic heterocycles. The molecule has 6 nitrogen and oxygen atoms in total. The lowest BCUT2D eigenvalue weighted by Crippen LogP contribution is -2.32. The molecule has 10 heteroatoms. The molecule has 31 heavy (non-hydrogen) atoms. The highest BCUT2D eigenvalue weighted by Gasteiger charge is 2.11. The van der Waals surface area contributed by atoms with Gasteiger partial charge in [0, 0.05) is 22.3 Å². The van der Waals surface area contributed by atoms with Gasteiger partial charge in [-0.2, -0.15) is 0 Å². The van der Waals surface area contributed by atoms with Crippen molar-refractivity contribution in [1.82, 2.24) is 5.32 Å². The summed E-state index contributed by atoms with van der Waals surface area (Å²) in [6.45, 7) is 0. The molecule has 0 spiro atoms. The van der Waals surface area contributed by atoms with Gasteiger partial charge in [0.05, 0.1) is 15.6 Å². The molecule has 1 heterocycles. The summed E-state index contributed by atoms with van der Waals surface area (Å²) in [5.74, 6) is -0.670. The third-order valence-corrected chi connectivity index (χ3v) is 4.98. The predicted octanol–water partition coefficient (Wildman–Crippen LogP) is 6.13. The molecule has 158 valence electrons. The van der Waals surface area contributed by atoms with Crippen molar-refractivity contribution in [2.45, 2.75) is 0 Å². The van der Waals surface area contributed by atoms with E-state index in [4.69, 9.17) is 56.5 Å². The first-order valence-corrected chi connectivity index (χ1v) is 10.2. The predicted molar refractivity (Wildman–Crippen MR) is 126 cm³/mol. The number of carbonyl (C=O) groups excluding carboxylic acids is 1. The number of benzene rings is 2. The van der Waals surface area contributed by atoms with Gasteiger partial charge in [-0.3, -0.25) is 10.1 Å². The summed E-state index contributed by atoms with van der Waals surface area (Å²) < 4.78 is 5.68. The maximum Gasteiger partial charge on any atom is 0.337 e. The van der Waals surface area contributed by atoms with E-state index in [1.807, 2.05) is 0 Å². The molecule has 2 aromatic carbocycles. The summed E-state index contributed by atoms with van der Waals surface area (Å²) in [5, 5.41) is 15.2. The Morgan fingerprint density at radius 1 is 1.00 bits per heavy atom. The minimum Gasteiger partial charge on any atom is -0.478 e. The van der Waals surface area contributed by atoms with Crippen LogP contribution < -0.4 is 10.6 Å². The summed E-state index contributed by atoms with van der Waals surface area (Å²) >= 11 is 23.1. The summed E-state index contributed by atoms with van der Waals surface area (Å²) in [7, 11) is 0. The van der Waals surface area contributed by atoms with Gasteiger partial charge in [-0.15, -0.1) is 0 Å². The highest BCUT2D eigenvalue weighted by molar-refractivity contribution is 7.80. The number of furan rings is 1. The number of carbonyl (C=O) groups is 2. The molecule has 0 unspecified atom stereocenters. The molecule has 0 bridgehead atoms. The Morgan fingerprint density at radius 2 is 1.77 bits per heavy atom. The Labute approximate surface area is 197 Å². The Balaban J connectivity index is 1.59. The van der Waals surface area contributed by atoms with E-state index in [-0.39, 0.29) is 15.7 Å². The van der Waals surface area contributed by atoms with Crippen LogP contribution in [0.4, 0.5) is 5.69 Å². The number of nitrogens with one attached hydrogen (secondary N) is 2. The van der Waals surface area contributed by atoms with Crippen molar-refractivity contribution in [2.75, 3.05) is 5.32 Å². The van der Waals surface area contributed by atoms with Crippen LogP contribution in [0.25, 0.3) is 17.4 Å². The van der Waals surface area contributed by atoms with E-state index in [0.717, 1.165) is 0 Å². The van der Waals surface area contributed by atoms with Crippen molar-refractivity contribution < 1.29 is 19.1 Å². The van der Waals surface area contributed by atoms with Crippen LogP contribution in [-0.2, 0) is 4.79 Å². The van der Waals surface area contributed by atoms with Crippen LogP contribution in [-0.4, -0.2) is 22.1 Å². The van der Waals surface area contributed by atoms with Crippen molar-refractivity contribution in [3.8, 4) is 11.3 Å². The van der Waals surface area contributed by atoms with E-state index >= 15 is 0 Å². The first-order valence-electron chi connectivity index (χ1n) is 8.61. The molecular weight excluding hydrogens is 483 g/mol. The second-order valence-corrected chi connectivity index (χ2v) is 7.76. The molecular formula is C21H13Cl3N2O4S. The number of halogens is 3. The molecule has 3 aromatic rings. The molecule has 0 aliphatic carbocycles. The number of aromatic carboxylic acids is 1. The van der Waals surface area contributed by atoms with Gasteiger partial charge in [-0.1, -0.05) is 34.8 Å². The molecule has 1 amide bonds. The maximum absolute atomic E-state index is 12.1. The normalized spacial score (nSPS) is 10.8. The second-order valence-electron chi connectivity index (χ2n) is 6.10. The van der Waals surface area contributed by atoms with E-state index in [9.17, 15) is 9.59 Å². The van der Waals surface area contributed by atoms with E-state index in [1.165, 1.54) is 30.4 Å². The van der Waals surface area contributed by atoms with E-state index < -0.39 is 11.9 Å². The summed E-state index contributed by atoms with van der Waals surface area (Å²) in [4.78, 5) is 23.1. The summed E-state index contributed by atoms with van der Waals surface area (Å²) in [5.41, 5.74) is 1.07. The molecule has 0 radical (unpaired) electrons. The standard InChI is InChI=1S/C21H13Cl3N2O4S/c22-11-1-5-14(16(23)9-11)18-7-3-13(30-18)4-8-19(27)26-21(31)25-12-2-6-15(20(28)29)17(24)10-12/h1-10H,(H,28,29)(H2,25,26,27,31)/b8-4+. The third-order valence-electron chi connectivity index (χ3n) is 3.92. The fraction of sp³-hybridized carbons (Fsp3) is 0. The van der Waals surface area contributed by atoms with Crippen molar-refractivity contribution in [3.05, 3.63) is 81.0 Å². The average Bonchev–Trinajstić information content (AvgIpc) is 3.14. The van der Waals surface area contributed by atoms with Gasteiger partial charge in [-0.05, 0) is 66.8 Å². The molecule has 3 N–H and O–H groups in total. The largest absolute Gasteiger partial charge is 0.478 e. The number of carboxylic acids is 1. The Hall–Kier alpha value is -2.84. The van der Waals surface area contributed by atoms with Gasteiger partial charge in [0.25, 0.3) is 0 Å². The number of thiocarbonyl (C=S) groups is 1. The first-order chi connectivity index (χ1) is 14.7. The molecule has 0 aliphatic rings. The molecule has 3 rings (SSSR count). The fourth-order valence-corrected chi connectivity index (χ4v) is 3.50. The molecule has 0 saturated heterocycles. The number of anilines is 1. The van der Waals surface area contributed by atoms with Gasteiger partial charge in [0.15, 0.2) is 5.11 Å². The SMILES string of the molecule is O=C(/C=C/c1ccc(-c2ccc(Cl)cc2Cl)o1)NC(=S)Nc1ccc(C(=O)O)c(Cl)c1. The lowest BCUT2D eigenvalue weighted by Gasteiger charge is -2.09. The quantitative estimate of drug-likeness (QED) is 0.291. The van der Waals surface area contributed by atoms with Gasteiger partial charge < -0.3 is 14.8 Å². The highest BCUT2D eigenvalue weighted by Crippen LogP contribution is 2.31. The first kappa shape index (κ1) is 22.8. The molecule has 0 atom stereocenters. The lowest BCUT2D eigenvalue weighted by molar-refractivity contribution is -0.115. The average molecular weight is 496 g/mol. The third kappa shape index (κ3) is 6.08. The van der Waals surface area contributed by atoms with Crippen LogP contribution in [0.3, 0.4) is 0 Å². The van der Waals surface area contributed by atoms with Gasteiger partial charge in [0.1, 0.15) is 11.5 Å². The summed E-state index contributed by atoms with van der Waals surface area (Å²) in [6, 6.07) is 12.7. The minimum atomic E-state index is -1.14. The number of amides is 1. The van der Waals surface area contributed by atoms with Crippen molar-refractivity contribution in [1.29, 1.82) is 0 Å². The lowest BCUT2D eigenvalue weighted by atomic mass is 10.2. The minimum absolute atomic E-state index is 0.0156. The number of rotatable bonds is 5. The van der Waals surface area contributed by atoms with E-state index in [1.54, 1.807) is 30.3 Å². The zero-order valence-electron chi connectivity index (χ0n) is 15.5. The van der Waals surface area contributed by atoms with Crippen LogP contribution in [0, 0.1) is 0 Å². The molecule has 0 aliphatic heterocycles. The Bertz CT molecular complexity index is 1210. The van der Waals surface area contributed by atoms with Crippen molar-refractivity contribution in [3.63, 3.8) is 0 Å². The van der Waals surface area contributed by atoms with Crippen LogP contribution in [0.2, 0.25) is 15.1 Å². The van der Waals surface area contributed by atoms with Crippen LogP contribution in [0.15, 0.2) is 59.0 Å². The Kier molecular flexibility index (Phi) is 7.35. The topological polar surface area (TPSA) is 91.6 Å². The van der Waals surface area contributed by atoms with E-state index in [0.29, 0.717) is 32.8 Å². The fourth-order valence-electron chi connectivity index (χ4n) is 2.52. The van der Waals surface area contributed by atoms with Crippen LogP contribution >= 0.6 is 47.0 Å². The number of carboxylic acid groups (broad SMARTS) is 1.